The lowest BCUT2D eigenvalue weighted by Gasteiger charge is -2.06. The van der Waals surface area contributed by atoms with E-state index in [0.717, 1.165) is 16.9 Å². The molecule has 22 heavy (non-hydrogen) atoms. The molecule has 1 amide bonds. The summed E-state index contributed by atoms with van der Waals surface area (Å²) < 4.78 is 5.14. The molecule has 2 aromatic rings. The lowest BCUT2D eigenvalue weighted by molar-refractivity contribution is -0.112. The van der Waals surface area contributed by atoms with Gasteiger partial charge in [0, 0.05) is 5.69 Å². The van der Waals surface area contributed by atoms with Gasteiger partial charge < -0.3 is 10.1 Å². The zero-order valence-corrected chi connectivity index (χ0v) is 12.5. The van der Waals surface area contributed by atoms with Gasteiger partial charge >= 0.3 is 0 Å². The fourth-order valence-electron chi connectivity index (χ4n) is 1.96. The van der Waals surface area contributed by atoms with E-state index in [-0.39, 0.29) is 5.57 Å². The summed E-state index contributed by atoms with van der Waals surface area (Å²) in [5.41, 5.74) is 2.44. The first-order valence-electron chi connectivity index (χ1n) is 6.77. The molecule has 0 fully saturated rings. The van der Waals surface area contributed by atoms with Crippen LogP contribution in [0.4, 0.5) is 5.69 Å². The minimum absolute atomic E-state index is 0.0529. The van der Waals surface area contributed by atoms with Gasteiger partial charge in [0.15, 0.2) is 0 Å². The molecule has 0 saturated carbocycles. The number of hydrogen-bond donors (Lipinski definition) is 1. The Morgan fingerprint density at radius 1 is 1.23 bits per heavy atom. The molecule has 2 aromatic carbocycles. The lowest BCUT2D eigenvalue weighted by Crippen LogP contribution is -2.13. The number of aryl methyl sites for hydroxylation is 1. The van der Waals surface area contributed by atoms with Gasteiger partial charge in [-0.25, -0.2) is 0 Å². The molecule has 0 aliphatic rings. The molecule has 4 heteroatoms. The van der Waals surface area contributed by atoms with Gasteiger partial charge in [-0.05, 0) is 48.4 Å². The highest BCUT2D eigenvalue weighted by molar-refractivity contribution is 6.09. The number of rotatable bonds is 4. The molecule has 2 rings (SSSR count). The number of methoxy groups -OCH3 is 1. The van der Waals surface area contributed by atoms with E-state index in [4.69, 9.17) is 4.74 Å². The summed E-state index contributed by atoms with van der Waals surface area (Å²) in [6.45, 7) is 1.90. The number of benzene rings is 2. The molecule has 1 N–H and O–H groups in total. The molecule has 0 aromatic heterocycles. The second-order valence-corrected chi connectivity index (χ2v) is 4.71. The van der Waals surface area contributed by atoms with Gasteiger partial charge in [-0.3, -0.25) is 4.79 Å². The molecule has 0 atom stereocenters. The van der Waals surface area contributed by atoms with E-state index in [9.17, 15) is 10.1 Å². The highest BCUT2D eigenvalue weighted by atomic mass is 16.5. The third kappa shape index (κ3) is 3.74. The summed E-state index contributed by atoms with van der Waals surface area (Å²) in [6, 6.07) is 16.5. The van der Waals surface area contributed by atoms with Gasteiger partial charge in [0.1, 0.15) is 17.4 Å². The summed E-state index contributed by atoms with van der Waals surface area (Å²) in [4.78, 5) is 12.2. The minimum Gasteiger partial charge on any atom is -0.497 e. The van der Waals surface area contributed by atoms with E-state index in [1.165, 1.54) is 0 Å². The van der Waals surface area contributed by atoms with Gasteiger partial charge in [0.25, 0.3) is 5.91 Å². The maximum absolute atomic E-state index is 12.2. The van der Waals surface area contributed by atoms with Gasteiger partial charge in [-0.2, -0.15) is 5.26 Å². The number of hydrogen-bond acceptors (Lipinski definition) is 3. The molecule has 0 unspecified atom stereocenters. The van der Waals surface area contributed by atoms with Crippen molar-refractivity contribution in [2.24, 2.45) is 0 Å². The van der Waals surface area contributed by atoms with Crippen LogP contribution in [0.2, 0.25) is 0 Å². The number of nitrogens with zero attached hydrogens (tertiary/aromatic N) is 1. The number of anilines is 1. The van der Waals surface area contributed by atoms with Crippen LogP contribution in [0.1, 0.15) is 11.1 Å². The summed E-state index contributed by atoms with van der Waals surface area (Å²) in [6.07, 6.45) is 1.58. The van der Waals surface area contributed by atoms with Crippen molar-refractivity contribution < 1.29 is 9.53 Å². The Morgan fingerprint density at radius 3 is 2.55 bits per heavy atom. The normalized spacial score (nSPS) is 10.7. The Labute approximate surface area is 129 Å². The monoisotopic (exact) mass is 292 g/mol. The molecule has 4 nitrogen and oxygen atoms in total. The van der Waals surface area contributed by atoms with Crippen LogP contribution in [0.25, 0.3) is 6.08 Å². The second-order valence-electron chi connectivity index (χ2n) is 4.71. The number of carbonyl (C=O) groups excluding carboxylic acids is 1. The van der Waals surface area contributed by atoms with E-state index in [1.54, 1.807) is 31.4 Å². The van der Waals surface area contributed by atoms with Crippen molar-refractivity contribution in [2.45, 2.75) is 6.92 Å². The van der Waals surface area contributed by atoms with Crippen LogP contribution in [0.15, 0.2) is 54.1 Å². The number of para-hydroxylation sites is 1. The zero-order valence-electron chi connectivity index (χ0n) is 12.5. The van der Waals surface area contributed by atoms with Crippen LogP contribution in [0, 0.1) is 18.3 Å². The van der Waals surface area contributed by atoms with Crippen molar-refractivity contribution >= 4 is 17.7 Å². The van der Waals surface area contributed by atoms with Crippen molar-refractivity contribution in [2.75, 3.05) is 12.4 Å². The van der Waals surface area contributed by atoms with Crippen molar-refractivity contribution in [3.63, 3.8) is 0 Å². The van der Waals surface area contributed by atoms with E-state index in [1.807, 2.05) is 43.3 Å². The molecular weight excluding hydrogens is 276 g/mol. The van der Waals surface area contributed by atoms with Crippen molar-refractivity contribution in [3.05, 3.63) is 65.2 Å². The number of amides is 1. The topological polar surface area (TPSA) is 62.1 Å². The highest BCUT2D eigenvalue weighted by Gasteiger charge is 2.10. The molecule has 0 aliphatic heterocycles. The van der Waals surface area contributed by atoms with Gasteiger partial charge in [0.05, 0.1) is 7.11 Å². The largest absolute Gasteiger partial charge is 0.497 e. The molecule has 0 aliphatic carbocycles. The number of carbonyl (C=O) groups is 1. The molecule has 0 saturated heterocycles. The van der Waals surface area contributed by atoms with E-state index in [2.05, 4.69) is 5.32 Å². The van der Waals surface area contributed by atoms with E-state index in [0.29, 0.717) is 5.69 Å². The Bertz CT molecular complexity index is 743. The molecule has 110 valence electrons. The van der Waals surface area contributed by atoms with E-state index >= 15 is 0 Å². The smallest absolute Gasteiger partial charge is 0.266 e. The number of nitriles is 1. The minimum atomic E-state index is -0.427. The molecular formula is C18H16N2O2. The third-order valence-electron chi connectivity index (χ3n) is 3.17. The van der Waals surface area contributed by atoms with Crippen LogP contribution >= 0.6 is 0 Å². The summed E-state index contributed by atoms with van der Waals surface area (Å²) in [5, 5.41) is 11.9. The fraction of sp³-hybridized carbons (Fsp3) is 0.111. The first-order valence-corrected chi connectivity index (χ1v) is 6.77. The van der Waals surface area contributed by atoms with Gasteiger partial charge in [-0.15, -0.1) is 0 Å². The van der Waals surface area contributed by atoms with Crippen molar-refractivity contribution in [1.82, 2.24) is 0 Å². The van der Waals surface area contributed by atoms with Gasteiger partial charge in [-0.1, -0.05) is 24.3 Å². The standard InChI is InChI=1S/C18H16N2O2/c1-13-10-17(22-2)9-8-14(13)11-15(12-19)18(21)20-16-6-4-3-5-7-16/h3-11H,1-2H3,(H,20,21)/b15-11+. The molecule has 0 spiro atoms. The average molecular weight is 292 g/mol. The first kappa shape index (κ1) is 15.3. The van der Waals surface area contributed by atoms with Crippen LogP contribution in [0.5, 0.6) is 5.75 Å². The quantitative estimate of drug-likeness (QED) is 0.692. The Balaban J connectivity index is 2.24. The SMILES string of the molecule is COc1ccc(/C=C(\C#N)C(=O)Nc2ccccc2)c(C)c1. The second kappa shape index (κ2) is 7.09. The fourth-order valence-corrected chi connectivity index (χ4v) is 1.96. The molecule has 0 heterocycles. The maximum Gasteiger partial charge on any atom is 0.266 e. The lowest BCUT2D eigenvalue weighted by atomic mass is 10.1. The maximum atomic E-state index is 12.2. The predicted molar refractivity (Wildman–Crippen MR) is 86.4 cm³/mol. The zero-order chi connectivity index (χ0) is 15.9. The van der Waals surface area contributed by atoms with Gasteiger partial charge in [0.2, 0.25) is 0 Å². The van der Waals surface area contributed by atoms with Crippen LogP contribution in [-0.4, -0.2) is 13.0 Å². The average Bonchev–Trinajstić information content (AvgIpc) is 2.54. The number of ether oxygens (including phenoxy) is 1. The van der Waals surface area contributed by atoms with Crippen LogP contribution < -0.4 is 10.1 Å². The van der Waals surface area contributed by atoms with Crippen LogP contribution in [0.3, 0.4) is 0 Å². The summed E-state index contributed by atoms with van der Waals surface area (Å²) in [7, 11) is 1.60. The molecule has 0 radical (unpaired) electrons. The Kier molecular flexibility index (Phi) is 4.94. The predicted octanol–water partition coefficient (Wildman–Crippen LogP) is 3.55. The van der Waals surface area contributed by atoms with Crippen molar-refractivity contribution in [3.8, 4) is 11.8 Å². The Hall–Kier alpha value is -3.06. The third-order valence-corrected chi connectivity index (χ3v) is 3.17. The molecule has 0 bridgehead atoms. The first-order chi connectivity index (χ1) is 10.6. The summed E-state index contributed by atoms with van der Waals surface area (Å²) >= 11 is 0. The number of nitrogens with one attached hydrogen (secondary N) is 1. The summed E-state index contributed by atoms with van der Waals surface area (Å²) in [5.74, 6) is 0.311. The van der Waals surface area contributed by atoms with Crippen LogP contribution in [-0.2, 0) is 4.79 Å². The Morgan fingerprint density at radius 2 is 1.95 bits per heavy atom. The highest BCUT2D eigenvalue weighted by Crippen LogP contribution is 2.19. The van der Waals surface area contributed by atoms with Crippen molar-refractivity contribution in [1.29, 1.82) is 5.26 Å². The van der Waals surface area contributed by atoms with E-state index < -0.39 is 5.91 Å².